The summed E-state index contributed by atoms with van der Waals surface area (Å²) < 4.78 is 2.02. The summed E-state index contributed by atoms with van der Waals surface area (Å²) in [6.45, 7) is 8.47. The van der Waals surface area contributed by atoms with Gasteiger partial charge in [0.15, 0.2) is 0 Å². The lowest BCUT2D eigenvalue weighted by Crippen LogP contribution is -2.34. The number of anilines is 1. The van der Waals surface area contributed by atoms with Crippen molar-refractivity contribution >= 4 is 51.7 Å². The van der Waals surface area contributed by atoms with E-state index >= 15 is 0 Å². The number of hydrogen-bond acceptors (Lipinski definition) is 6. The van der Waals surface area contributed by atoms with E-state index in [0.29, 0.717) is 32.8 Å². The van der Waals surface area contributed by atoms with Crippen molar-refractivity contribution in [3.05, 3.63) is 44.7 Å². The van der Waals surface area contributed by atoms with Crippen LogP contribution in [-0.4, -0.2) is 37.1 Å². The number of nitrogens with one attached hydrogen (secondary N) is 1. The number of aromatic nitrogens is 2. The molecule has 0 bridgehead atoms. The average molecular weight is 403 g/mol. The molecule has 3 heterocycles. The zero-order valence-electron chi connectivity index (χ0n) is 15.8. The molecule has 8 heteroatoms. The standard InChI is InChI=1S/C19H22N4O2S2/c1-5-8-20-15-13(10-14-18(25)23(11(2)3)19(26)27-14)17(24)22-9-6-7-12(4)16(22)21-15/h6-7,9-11,20H,5,8H2,1-4H3. The first kappa shape index (κ1) is 19.6. The first-order chi connectivity index (χ1) is 12.8. The lowest BCUT2D eigenvalue weighted by molar-refractivity contribution is -0.123. The molecule has 0 spiro atoms. The average Bonchev–Trinajstić information content (AvgIpc) is 2.90. The van der Waals surface area contributed by atoms with E-state index in [1.54, 1.807) is 17.2 Å². The zero-order chi connectivity index (χ0) is 19.7. The molecule has 3 rings (SSSR count). The van der Waals surface area contributed by atoms with Crippen molar-refractivity contribution in [2.45, 2.75) is 40.2 Å². The fraction of sp³-hybridized carbons (Fsp3) is 0.368. The number of amides is 1. The van der Waals surface area contributed by atoms with E-state index in [4.69, 9.17) is 12.2 Å². The summed E-state index contributed by atoms with van der Waals surface area (Å²) in [6, 6.07) is 3.70. The minimum atomic E-state index is -0.211. The van der Waals surface area contributed by atoms with Crippen LogP contribution < -0.4 is 10.9 Å². The van der Waals surface area contributed by atoms with E-state index in [-0.39, 0.29) is 17.5 Å². The normalized spacial score (nSPS) is 16.2. The van der Waals surface area contributed by atoms with Gasteiger partial charge in [-0.2, -0.15) is 0 Å². The molecule has 0 unspecified atom stereocenters. The van der Waals surface area contributed by atoms with Crippen LogP contribution in [-0.2, 0) is 4.79 Å². The van der Waals surface area contributed by atoms with Gasteiger partial charge in [0.2, 0.25) is 0 Å². The lowest BCUT2D eigenvalue weighted by Gasteiger charge is -2.18. The van der Waals surface area contributed by atoms with E-state index in [0.717, 1.165) is 12.0 Å². The van der Waals surface area contributed by atoms with Crippen molar-refractivity contribution in [1.29, 1.82) is 0 Å². The number of fused-ring (bicyclic) bond motifs is 1. The van der Waals surface area contributed by atoms with Crippen molar-refractivity contribution in [1.82, 2.24) is 14.3 Å². The lowest BCUT2D eigenvalue weighted by atomic mass is 10.2. The highest BCUT2D eigenvalue weighted by molar-refractivity contribution is 8.26. The van der Waals surface area contributed by atoms with Crippen LogP contribution >= 0.6 is 24.0 Å². The van der Waals surface area contributed by atoms with Gasteiger partial charge < -0.3 is 5.32 Å². The molecule has 0 radical (unpaired) electrons. The minimum Gasteiger partial charge on any atom is -0.369 e. The number of thioether (sulfide) groups is 1. The summed E-state index contributed by atoms with van der Waals surface area (Å²) in [5, 5.41) is 3.22. The van der Waals surface area contributed by atoms with Crippen LogP contribution in [0.5, 0.6) is 0 Å². The predicted molar refractivity (Wildman–Crippen MR) is 115 cm³/mol. The van der Waals surface area contributed by atoms with Gasteiger partial charge in [0.05, 0.1) is 10.5 Å². The number of aryl methyl sites for hydroxylation is 1. The van der Waals surface area contributed by atoms with Gasteiger partial charge in [-0.15, -0.1) is 0 Å². The number of hydrogen-bond donors (Lipinski definition) is 1. The molecule has 1 fully saturated rings. The number of carbonyl (C=O) groups is 1. The summed E-state index contributed by atoms with van der Waals surface area (Å²) >= 11 is 6.55. The molecule has 0 aromatic carbocycles. The largest absolute Gasteiger partial charge is 0.369 e. The van der Waals surface area contributed by atoms with E-state index in [9.17, 15) is 9.59 Å². The van der Waals surface area contributed by atoms with Crippen molar-refractivity contribution in [3.8, 4) is 0 Å². The van der Waals surface area contributed by atoms with Gasteiger partial charge in [0.25, 0.3) is 11.5 Å². The SMILES string of the molecule is CCCNc1nc2c(C)cccn2c(=O)c1C=C1SC(=S)N(C(C)C)C1=O. The summed E-state index contributed by atoms with van der Waals surface area (Å²) in [7, 11) is 0. The fourth-order valence-corrected chi connectivity index (χ4v) is 4.38. The molecular weight excluding hydrogens is 380 g/mol. The molecule has 27 heavy (non-hydrogen) atoms. The van der Waals surface area contributed by atoms with Crippen LogP contribution in [0, 0.1) is 6.92 Å². The van der Waals surface area contributed by atoms with Gasteiger partial charge in [0.1, 0.15) is 15.8 Å². The molecule has 2 aromatic rings. The van der Waals surface area contributed by atoms with Crippen LogP contribution in [0.4, 0.5) is 5.82 Å². The highest BCUT2D eigenvalue weighted by Crippen LogP contribution is 2.34. The smallest absolute Gasteiger partial charge is 0.267 e. The third-order valence-corrected chi connectivity index (χ3v) is 5.57. The van der Waals surface area contributed by atoms with Crippen LogP contribution in [0.3, 0.4) is 0 Å². The molecule has 0 saturated carbocycles. The van der Waals surface area contributed by atoms with Crippen molar-refractivity contribution in [2.24, 2.45) is 0 Å². The Morgan fingerprint density at radius 3 is 2.74 bits per heavy atom. The Hall–Kier alpha value is -2.19. The van der Waals surface area contributed by atoms with Gasteiger partial charge >= 0.3 is 0 Å². The topological polar surface area (TPSA) is 66.7 Å². The molecule has 0 aliphatic carbocycles. The number of thiocarbonyl (C=S) groups is 1. The van der Waals surface area contributed by atoms with Crippen molar-refractivity contribution in [3.63, 3.8) is 0 Å². The molecule has 1 aliphatic heterocycles. The highest BCUT2D eigenvalue weighted by Gasteiger charge is 2.34. The van der Waals surface area contributed by atoms with Gasteiger partial charge in [-0.05, 0) is 44.9 Å². The molecule has 6 nitrogen and oxygen atoms in total. The fourth-order valence-electron chi connectivity index (χ4n) is 2.88. The summed E-state index contributed by atoms with van der Waals surface area (Å²) in [5.74, 6) is 0.321. The Balaban J connectivity index is 2.18. The maximum absolute atomic E-state index is 13.1. The predicted octanol–water partition coefficient (Wildman–Crippen LogP) is 3.43. The second kappa shape index (κ2) is 7.82. The Labute approximate surface area is 167 Å². The Morgan fingerprint density at radius 2 is 2.11 bits per heavy atom. The minimum absolute atomic E-state index is 0.0282. The Kier molecular flexibility index (Phi) is 5.67. The second-order valence-electron chi connectivity index (χ2n) is 6.64. The number of rotatable bonds is 5. The summed E-state index contributed by atoms with van der Waals surface area (Å²) in [6.07, 6.45) is 4.20. The van der Waals surface area contributed by atoms with E-state index in [1.807, 2.05) is 39.8 Å². The second-order valence-corrected chi connectivity index (χ2v) is 8.31. The third-order valence-electron chi connectivity index (χ3n) is 4.24. The van der Waals surface area contributed by atoms with Crippen molar-refractivity contribution in [2.75, 3.05) is 11.9 Å². The van der Waals surface area contributed by atoms with E-state index in [2.05, 4.69) is 10.3 Å². The van der Waals surface area contributed by atoms with Crippen molar-refractivity contribution < 1.29 is 4.79 Å². The molecule has 1 amide bonds. The van der Waals surface area contributed by atoms with Gasteiger partial charge in [-0.1, -0.05) is 37.0 Å². The number of nitrogens with zero attached hydrogens (tertiary/aromatic N) is 3. The first-order valence-electron chi connectivity index (χ1n) is 8.88. The highest BCUT2D eigenvalue weighted by atomic mass is 32.2. The molecule has 1 saturated heterocycles. The van der Waals surface area contributed by atoms with E-state index in [1.165, 1.54) is 16.2 Å². The van der Waals surface area contributed by atoms with Gasteiger partial charge in [-0.25, -0.2) is 4.98 Å². The number of carbonyl (C=O) groups excluding carboxylic acids is 1. The van der Waals surface area contributed by atoms with Gasteiger partial charge in [-0.3, -0.25) is 18.9 Å². The van der Waals surface area contributed by atoms with Crippen LogP contribution in [0.1, 0.15) is 38.3 Å². The number of pyridine rings is 1. The quantitative estimate of drug-likeness (QED) is 0.610. The van der Waals surface area contributed by atoms with Crippen LogP contribution in [0.2, 0.25) is 0 Å². The summed E-state index contributed by atoms with van der Waals surface area (Å²) in [5.41, 5.74) is 1.67. The molecule has 142 valence electrons. The Bertz CT molecular complexity index is 1010. The monoisotopic (exact) mass is 402 g/mol. The first-order valence-corrected chi connectivity index (χ1v) is 10.1. The Morgan fingerprint density at radius 1 is 1.37 bits per heavy atom. The molecule has 1 N–H and O–H groups in total. The van der Waals surface area contributed by atoms with E-state index < -0.39 is 0 Å². The van der Waals surface area contributed by atoms with Crippen LogP contribution in [0.15, 0.2) is 28.0 Å². The molecular formula is C19H22N4O2S2. The molecule has 1 aliphatic rings. The third kappa shape index (κ3) is 3.64. The maximum Gasteiger partial charge on any atom is 0.267 e. The van der Waals surface area contributed by atoms with Crippen LogP contribution in [0.25, 0.3) is 11.7 Å². The summed E-state index contributed by atoms with van der Waals surface area (Å²) in [4.78, 5) is 32.5. The zero-order valence-corrected chi connectivity index (χ0v) is 17.4. The van der Waals surface area contributed by atoms with Gasteiger partial charge in [0, 0.05) is 18.8 Å². The molecule has 0 atom stereocenters. The maximum atomic E-state index is 13.1. The molecule has 2 aromatic heterocycles.